The van der Waals surface area contributed by atoms with E-state index in [1.54, 1.807) is 19.3 Å². The zero-order valence-electron chi connectivity index (χ0n) is 11.4. The van der Waals surface area contributed by atoms with Crippen LogP contribution in [0.3, 0.4) is 0 Å². The van der Waals surface area contributed by atoms with Gasteiger partial charge in [-0.3, -0.25) is 10.2 Å². The molecule has 110 valence electrons. The van der Waals surface area contributed by atoms with Crippen LogP contribution in [0.2, 0.25) is 0 Å². The molecule has 0 aliphatic rings. The number of thiazole rings is 1. The number of hydrazone groups is 1. The minimum absolute atomic E-state index is 0.239. The SMILES string of the molecule is CCOC(=O)Cc1cnc(N/N=C/c2cccc(Br)c2)s1. The quantitative estimate of drug-likeness (QED) is 0.482. The summed E-state index contributed by atoms with van der Waals surface area (Å²) in [7, 11) is 0. The van der Waals surface area contributed by atoms with Crippen LogP contribution < -0.4 is 5.43 Å². The molecular formula is C14H14BrN3O2S. The first-order valence-electron chi connectivity index (χ1n) is 6.32. The highest BCUT2D eigenvalue weighted by Gasteiger charge is 2.07. The van der Waals surface area contributed by atoms with Gasteiger partial charge in [-0.05, 0) is 24.6 Å². The predicted octanol–water partition coefficient (Wildman–Crippen LogP) is 3.46. The summed E-state index contributed by atoms with van der Waals surface area (Å²) in [4.78, 5) is 16.4. The Bertz CT molecular complexity index is 643. The summed E-state index contributed by atoms with van der Waals surface area (Å²) < 4.78 is 5.89. The van der Waals surface area contributed by atoms with Crippen molar-refractivity contribution < 1.29 is 9.53 Å². The van der Waals surface area contributed by atoms with Crippen LogP contribution in [-0.4, -0.2) is 23.8 Å². The molecule has 1 heterocycles. The second-order valence-electron chi connectivity index (χ2n) is 4.04. The zero-order chi connectivity index (χ0) is 15.1. The number of hydrogen-bond acceptors (Lipinski definition) is 6. The van der Waals surface area contributed by atoms with Crippen LogP contribution in [0.4, 0.5) is 5.13 Å². The number of rotatable bonds is 6. The van der Waals surface area contributed by atoms with Gasteiger partial charge in [0.1, 0.15) is 0 Å². The van der Waals surface area contributed by atoms with Gasteiger partial charge in [0.2, 0.25) is 5.13 Å². The van der Waals surface area contributed by atoms with Gasteiger partial charge in [0, 0.05) is 15.5 Å². The Kier molecular flexibility index (Phi) is 5.89. The number of carbonyl (C=O) groups excluding carboxylic acids is 1. The van der Waals surface area contributed by atoms with Gasteiger partial charge >= 0.3 is 5.97 Å². The lowest BCUT2D eigenvalue weighted by Gasteiger charge is -1.97. The fourth-order valence-electron chi connectivity index (χ4n) is 1.54. The van der Waals surface area contributed by atoms with Gasteiger partial charge in [-0.1, -0.05) is 39.4 Å². The number of halogens is 1. The topological polar surface area (TPSA) is 63.6 Å². The maximum atomic E-state index is 11.4. The van der Waals surface area contributed by atoms with E-state index < -0.39 is 0 Å². The summed E-state index contributed by atoms with van der Waals surface area (Å²) in [6.45, 7) is 2.17. The van der Waals surface area contributed by atoms with Crippen LogP contribution in [-0.2, 0) is 16.0 Å². The molecule has 2 aromatic rings. The first-order valence-corrected chi connectivity index (χ1v) is 7.93. The molecule has 7 heteroatoms. The number of ether oxygens (including phenoxy) is 1. The molecule has 21 heavy (non-hydrogen) atoms. The fraction of sp³-hybridized carbons (Fsp3) is 0.214. The first-order chi connectivity index (χ1) is 10.2. The lowest BCUT2D eigenvalue weighted by molar-refractivity contribution is -0.142. The maximum Gasteiger partial charge on any atom is 0.311 e. The molecule has 0 radical (unpaired) electrons. The summed E-state index contributed by atoms with van der Waals surface area (Å²) >= 11 is 4.78. The highest BCUT2D eigenvalue weighted by Crippen LogP contribution is 2.19. The number of anilines is 1. The molecule has 0 aliphatic heterocycles. The standard InChI is InChI=1S/C14H14BrN3O2S/c1-2-20-13(19)7-12-9-16-14(21-12)18-17-8-10-4-3-5-11(15)6-10/h3-6,8-9H,2,7H2,1H3,(H,16,18)/b17-8+. The molecule has 0 spiro atoms. The molecule has 0 saturated heterocycles. The average molecular weight is 368 g/mol. The second kappa shape index (κ2) is 7.90. The summed E-state index contributed by atoms with van der Waals surface area (Å²) in [5.41, 5.74) is 3.82. The van der Waals surface area contributed by atoms with Crippen LogP contribution in [0, 0.1) is 0 Å². The van der Waals surface area contributed by atoms with Gasteiger partial charge in [-0.2, -0.15) is 5.10 Å². The Hall–Kier alpha value is -1.73. The Morgan fingerprint density at radius 1 is 1.57 bits per heavy atom. The van der Waals surface area contributed by atoms with Gasteiger partial charge in [-0.15, -0.1) is 0 Å². The molecule has 0 aliphatic carbocycles. The highest BCUT2D eigenvalue weighted by molar-refractivity contribution is 9.10. The van der Waals surface area contributed by atoms with Crippen molar-refractivity contribution in [3.63, 3.8) is 0 Å². The monoisotopic (exact) mass is 367 g/mol. The van der Waals surface area contributed by atoms with E-state index in [9.17, 15) is 4.79 Å². The number of nitrogens with zero attached hydrogens (tertiary/aromatic N) is 2. The summed E-state index contributed by atoms with van der Waals surface area (Å²) in [5, 5.41) is 4.76. The molecule has 2 rings (SSSR count). The van der Waals surface area contributed by atoms with E-state index in [0.717, 1.165) is 14.9 Å². The lowest BCUT2D eigenvalue weighted by atomic mass is 10.2. The number of esters is 1. The molecule has 0 amide bonds. The second-order valence-corrected chi connectivity index (χ2v) is 6.07. The molecule has 0 bridgehead atoms. The van der Waals surface area contributed by atoms with E-state index in [1.165, 1.54) is 11.3 Å². The normalized spacial score (nSPS) is 10.8. The van der Waals surface area contributed by atoms with Crippen molar-refractivity contribution in [2.45, 2.75) is 13.3 Å². The third kappa shape index (κ3) is 5.28. The van der Waals surface area contributed by atoms with Crippen LogP contribution in [0.1, 0.15) is 17.4 Å². The van der Waals surface area contributed by atoms with Crippen molar-refractivity contribution in [2.24, 2.45) is 5.10 Å². The van der Waals surface area contributed by atoms with Crippen LogP contribution >= 0.6 is 27.3 Å². The van der Waals surface area contributed by atoms with Gasteiger partial charge in [0.25, 0.3) is 0 Å². The summed E-state index contributed by atoms with van der Waals surface area (Å²) in [5.74, 6) is -0.245. The van der Waals surface area contributed by atoms with Crippen LogP contribution in [0.25, 0.3) is 0 Å². The van der Waals surface area contributed by atoms with Gasteiger partial charge in [-0.25, -0.2) is 4.98 Å². The molecule has 1 aromatic carbocycles. The minimum Gasteiger partial charge on any atom is -0.466 e. The Morgan fingerprint density at radius 2 is 2.43 bits per heavy atom. The molecular weight excluding hydrogens is 354 g/mol. The Morgan fingerprint density at radius 3 is 3.19 bits per heavy atom. The summed E-state index contributed by atoms with van der Waals surface area (Å²) in [6, 6.07) is 7.79. The van der Waals surface area contributed by atoms with E-state index >= 15 is 0 Å². The summed E-state index contributed by atoms with van der Waals surface area (Å²) in [6.07, 6.45) is 3.60. The molecule has 0 atom stereocenters. The largest absolute Gasteiger partial charge is 0.466 e. The molecule has 0 saturated carbocycles. The van der Waals surface area contributed by atoms with Crippen molar-refractivity contribution in [3.8, 4) is 0 Å². The first kappa shape index (κ1) is 15.7. The van der Waals surface area contributed by atoms with E-state index in [1.807, 2.05) is 24.3 Å². The molecule has 0 unspecified atom stereocenters. The smallest absolute Gasteiger partial charge is 0.311 e. The molecule has 0 fully saturated rings. The average Bonchev–Trinajstić information content (AvgIpc) is 2.86. The molecule has 1 aromatic heterocycles. The van der Waals surface area contributed by atoms with Crippen LogP contribution in [0.15, 0.2) is 40.0 Å². The van der Waals surface area contributed by atoms with Crippen molar-refractivity contribution in [1.29, 1.82) is 0 Å². The maximum absolute atomic E-state index is 11.4. The number of nitrogens with one attached hydrogen (secondary N) is 1. The number of carbonyl (C=O) groups is 1. The zero-order valence-corrected chi connectivity index (χ0v) is 13.8. The minimum atomic E-state index is -0.245. The highest BCUT2D eigenvalue weighted by atomic mass is 79.9. The van der Waals surface area contributed by atoms with Crippen molar-refractivity contribution in [2.75, 3.05) is 12.0 Å². The van der Waals surface area contributed by atoms with E-state index in [-0.39, 0.29) is 12.4 Å². The lowest BCUT2D eigenvalue weighted by Crippen LogP contribution is -2.06. The predicted molar refractivity (Wildman–Crippen MR) is 87.8 cm³/mol. The van der Waals surface area contributed by atoms with Gasteiger partial charge < -0.3 is 4.74 Å². The van der Waals surface area contributed by atoms with Crippen molar-refractivity contribution in [1.82, 2.24) is 4.98 Å². The van der Waals surface area contributed by atoms with E-state index in [2.05, 4.69) is 31.4 Å². The third-order valence-corrected chi connectivity index (χ3v) is 3.80. The number of aromatic nitrogens is 1. The number of benzene rings is 1. The number of hydrogen-bond donors (Lipinski definition) is 1. The van der Waals surface area contributed by atoms with Crippen molar-refractivity contribution in [3.05, 3.63) is 45.4 Å². The van der Waals surface area contributed by atoms with Crippen molar-refractivity contribution >= 4 is 44.6 Å². The molecule has 1 N–H and O–H groups in total. The fourth-order valence-corrected chi connectivity index (χ4v) is 2.71. The van der Waals surface area contributed by atoms with Gasteiger partial charge in [0.05, 0.1) is 19.2 Å². The Balaban J connectivity index is 1.89. The van der Waals surface area contributed by atoms with Gasteiger partial charge in [0.15, 0.2) is 0 Å². The van der Waals surface area contributed by atoms with Crippen LogP contribution in [0.5, 0.6) is 0 Å². The van der Waals surface area contributed by atoms with E-state index in [0.29, 0.717) is 11.7 Å². The third-order valence-electron chi connectivity index (χ3n) is 2.40. The molecule has 5 nitrogen and oxygen atoms in total. The Labute approximate surface area is 135 Å². The van der Waals surface area contributed by atoms with E-state index in [4.69, 9.17) is 4.74 Å².